The van der Waals surface area contributed by atoms with Gasteiger partial charge in [0.15, 0.2) is 0 Å². The van der Waals surface area contributed by atoms with E-state index in [4.69, 9.17) is 4.74 Å². The van der Waals surface area contributed by atoms with Gasteiger partial charge in [0.25, 0.3) is 0 Å². The maximum absolute atomic E-state index is 12.2. The Kier molecular flexibility index (Phi) is 7.57. The Morgan fingerprint density at radius 2 is 1.96 bits per heavy atom. The van der Waals surface area contributed by atoms with Crippen LogP contribution in [-0.4, -0.2) is 34.1 Å². The molecular formula is C17H22N2O4S2. The Bertz CT molecular complexity index is 756. The predicted octanol–water partition coefficient (Wildman–Crippen LogP) is 2.63. The van der Waals surface area contributed by atoms with Crippen LogP contribution in [0.4, 0.5) is 5.69 Å². The molecule has 0 unspecified atom stereocenters. The molecule has 136 valence electrons. The van der Waals surface area contributed by atoms with Crippen molar-refractivity contribution in [1.82, 2.24) is 4.72 Å². The third-order valence-electron chi connectivity index (χ3n) is 3.32. The lowest BCUT2D eigenvalue weighted by molar-refractivity contribution is -0.115. The molecule has 0 saturated carbocycles. The van der Waals surface area contributed by atoms with E-state index in [2.05, 4.69) is 10.0 Å². The molecule has 2 rings (SSSR count). The van der Waals surface area contributed by atoms with E-state index in [0.29, 0.717) is 38.3 Å². The van der Waals surface area contributed by atoms with Crippen LogP contribution in [0.1, 0.15) is 18.2 Å². The molecule has 1 amide bonds. The average molecular weight is 383 g/mol. The van der Waals surface area contributed by atoms with Gasteiger partial charge >= 0.3 is 0 Å². The van der Waals surface area contributed by atoms with Gasteiger partial charge in [-0.15, -0.1) is 11.3 Å². The highest BCUT2D eigenvalue weighted by Gasteiger charge is 2.13. The van der Waals surface area contributed by atoms with Crippen molar-refractivity contribution in [3.05, 3.63) is 46.7 Å². The van der Waals surface area contributed by atoms with Crippen LogP contribution < -0.4 is 10.0 Å². The minimum Gasteiger partial charge on any atom is -0.382 e. The number of carbonyl (C=O) groups excluding carboxylic acids is 1. The SMILES string of the molecule is CCOCCCNS(=O)(=O)c1ccc(NC(=O)Cc2cccs2)cc1. The molecular weight excluding hydrogens is 360 g/mol. The van der Waals surface area contributed by atoms with E-state index in [9.17, 15) is 13.2 Å². The number of hydrogen-bond donors (Lipinski definition) is 2. The monoisotopic (exact) mass is 382 g/mol. The van der Waals surface area contributed by atoms with Crippen molar-refractivity contribution < 1.29 is 17.9 Å². The zero-order valence-corrected chi connectivity index (χ0v) is 15.7. The summed E-state index contributed by atoms with van der Waals surface area (Å²) in [5.41, 5.74) is 0.567. The van der Waals surface area contributed by atoms with Crippen LogP contribution in [0.2, 0.25) is 0 Å². The number of rotatable bonds is 10. The lowest BCUT2D eigenvalue weighted by atomic mass is 10.3. The summed E-state index contributed by atoms with van der Waals surface area (Å²) in [6, 6.07) is 9.92. The van der Waals surface area contributed by atoms with Crippen LogP contribution >= 0.6 is 11.3 Å². The molecule has 2 N–H and O–H groups in total. The number of carbonyl (C=O) groups is 1. The highest BCUT2D eigenvalue weighted by atomic mass is 32.2. The van der Waals surface area contributed by atoms with E-state index in [1.807, 2.05) is 24.4 Å². The van der Waals surface area contributed by atoms with Crippen LogP contribution in [0.5, 0.6) is 0 Å². The summed E-state index contributed by atoms with van der Waals surface area (Å²) < 4.78 is 32.0. The summed E-state index contributed by atoms with van der Waals surface area (Å²) >= 11 is 1.52. The quantitative estimate of drug-likeness (QED) is 0.619. The normalized spacial score (nSPS) is 11.4. The number of nitrogens with one attached hydrogen (secondary N) is 2. The maximum Gasteiger partial charge on any atom is 0.240 e. The highest BCUT2D eigenvalue weighted by molar-refractivity contribution is 7.89. The third-order valence-corrected chi connectivity index (χ3v) is 5.68. The van der Waals surface area contributed by atoms with Gasteiger partial charge in [0.1, 0.15) is 0 Å². The zero-order valence-electron chi connectivity index (χ0n) is 14.0. The molecule has 0 spiro atoms. The number of anilines is 1. The van der Waals surface area contributed by atoms with E-state index in [-0.39, 0.29) is 10.8 Å². The molecule has 0 bridgehead atoms. The zero-order chi connectivity index (χ0) is 18.1. The van der Waals surface area contributed by atoms with E-state index >= 15 is 0 Å². The molecule has 25 heavy (non-hydrogen) atoms. The summed E-state index contributed by atoms with van der Waals surface area (Å²) in [6.45, 7) is 3.35. The first-order valence-corrected chi connectivity index (χ1v) is 10.4. The van der Waals surface area contributed by atoms with E-state index in [0.717, 1.165) is 4.88 Å². The molecule has 6 nitrogen and oxygen atoms in total. The highest BCUT2D eigenvalue weighted by Crippen LogP contribution is 2.15. The second-order valence-electron chi connectivity index (χ2n) is 5.28. The first-order valence-electron chi connectivity index (χ1n) is 8.01. The fourth-order valence-electron chi connectivity index (χ4n) is 2.10. The van der Waals surface area contributed by atoms with Crippen LogP contribution in [0, 0.1) is 0 Å². The number of benzene rings is 1. The van der Waals surface area contributed by atoms with Crippen molar-refractivity contribution in [1.29, 1.82) is 0 Å². The molecule has 0 atom stereocenters. The first-order chi connectivity index (χ1) is 12.0. The van der Waals surface area contributed by atoms with Crippen LogP contribution in [-0.2, 0) is 26.0 Å². The minimum atomic E-state index is -3.55. The minimum absolute atomic E-state index is 0.132. The van der Waals surface area contributed by atoms with Crippen LogP contribution in [0.25, 0.3) is 0 Å². The van der Waals surface area contributed by atoms with Gasteiger partial charge in [-0.1, -0.05) is 6.07 Å². The molecule has 0 fully saturated rings. The maximum atomic E-state index is 12.2. The van der Waals surface area contributed by atoms with Gasteiger partial charge in [-0.2, -0.15) is 0 Å². The molecule has 0 aliphatic rings. The Hall–Kier alpha value is -1.74. The average Bonchev–Trinajstić information content (AvgIpc) is 3.08. The molecule has 8 heteroatoms. The molecule has 0 radical (unpaired) electrons. The van der Waals surface area contributed by atoms with E-state index < -0.39 is 10.0 Å². The third kappa shape index (κ3) is 6.58. The number of sulfonamides is 1. The van der Waals surface area contributed by atoms with Gasteiger partial charge in [0.05, 0.1) is 11.3 Å². The number of hydrogen-bond acceptors (Lipinski definition) is 5. The van der Waals surface area contributed by atoms with Gasteiger partial charge in [-0.05, 0) is 49.1 Å². The van der Waals surface area contributed by atoms with E-state index in [1.165, 1.54) is 23.5 Å². The summed E-state index contributed by atoms with van der Waals surface area (Å²) in [5.74, 6) is -0.132. The van der Waals surface area contributed by atoms with Gasteiger partial charge in [0.2, 0.25) is 15.9 Å². The lowest BCUT2D eigenvalue weighted by Crippen LogP contribution is -2.25. The van der Waals surface area contributed by atoms with Crippen molar-refractivity contribution in [3.8, 4) is 0 Å². The van der Waals surface area contributed by atoms with Crippen LogP contribution in [0.3, 0.4) is 0 Å². The van der Waals surface area contributed by atoms with Crippen molar-refractivity contribution >= 4 is 33.0 Å². The molecule has 0 saturated heterocycles. The second-order valence-corrected chi connectivity index (χ2v) is 8.08. The van der Waals surface area contributed by atoms with Gasteiger partial charge in [-0.25, -0.2) is 13.1 Å². The summed E-state index contributed by atoms with van der Waals surface area (Å²) in [5, 5.41) is 4.68. The van der Waals surface area contributed by atoms with Crippen molar-refractivity contribution in [2.75, 3.05) is 25.1 Å². The lowest BCUT2D eigenvalue weighted by Gasteiger charge is -2.08. The predicted molar refractivity (Wildman–Crippen MR) is 99.4 cm³/mol. The summed E-state index contributed by atoms with van der Waals surface area (Å²) in [6.07, 6.45) is 0.920. The summed E-state index contributed by atoms with van der Waals surface area (Å²) in [7, 11) is -3.55. The van der Waals surface area contributed by atoms with Crippen LogP contribution in [0.15, 0.2) is 46.7 Å². The molecule has 1 heterocycles. The van der Waals surface area contributed by atoms with Crippen molar-refractivity contribution in [3.63, 3.8) is 0 Å². The van der Waals surface area contributed by atoms with Gasteiger partial charge < -0.3 is 10.1 Å². The molecule has 2 aromatic rings. The fourth-order valence-corrected chi connectivity index (χ4v) is 3.88. The largest absolute Gasteiger partial charge is 0.382 e. The van der Waals surface area contributed by atoms with Gasteiger partial charge in [-0.3, -0.25) is 4.79 Å². The molecule has 0 aliphatic carbocycles. The van der Waals surface area contributed by atoms with Gasteiger partial charge in [0, 0.05) is 30.3 Å². The standard InChI is InChI=1S/C17H22N2O4S2/c1-2-23-11-4-10-18-25(21,22)16-8-6-14(7-9-16)19-17(20)13-15-5-3-12-24-15/h3,5-9,12,18H,2,4,10-11,13H2,1H3,(H,19,20). The summed E-state index contributed by atoms with van der Waals surface area (Å²) in [4.78, 5) is 13.1. The topological polar surface area (TPSA) is 84.5 Å². The Labute approximate surface area is 152 Å². The Balaban J connectivity index is 1.86. The number of ether oxygens (including phenoxy) is 1. The second kappa shape index (κ2) is 9.67. The number of thiophene rings is 1. The number of amides is 1. The fraction of sp³-hybridized carbons (Fsp3) is 0.353. The molecule has 1 aromatic carbocycles. The first kappa shape index (κ1) is 19.6. The van der Waals surface area contributed by atoms with E-state index in [1.54, 1.807) is 12.1 Å². The Morgan fingerprint density at radius 3 is 2.60 bits per heavy atom. The Morgan fingerprint density at radius 1 is 1.20 bits per heavy atom. The van der Waals surface area contributed by atoms with Crippen molar-refractivity contribution in [2.24, 2.45) is 0 Å². The molecule has 1 aromatic heterocycles. The smallest absolute Gasteiger partial charge is 0.240 e. The van der Waals surface area contributed by atoms with Crippen molar-refractivity contribution in [2.45, 2.75) is 24.7 Å². The molecule has 0 aliphatic heterocycles.